The molecule has 134 valence electrons. The van der Waals surface area contributed by atoms with Crippen LogP contribution in [0.15, 0.2) is 59.5 Å². The fourth-order valence-corrected chi connectivity index (χ4v) is 4.08. The first-order chi connectivity index (χ1) is 11.9. The summed E-state index contributed by atoms with van der Waals surface area (Å²) in [6.45, 7) is 0.248. The number of nitrogens with zero attached hydrogens (tertiary/aromatic N) is 1. The minimum absolute atomic E-state index is 0.227. The number of benzene rings is 2. The fourth-order valence-electron chi connectivity index (χ4n) is 2.07. The second-order valence-corrected chi connectivity index (χ2v) is 9.58. The van der Waals surface area contributed by atoms with Crippen LogP contribution in [0.25, 0.3) is 0 Å². The lowest BCUT2D eigenvalue weighted by Crippen LogP contribution is -2.41. The molecule has 0 spiro atoms. The molecule has 0 radical (unpaired) electrons. The summed E-state index contributed by atoms with van der Waals surface area (Å²) >= 11 is 3.78. The van der Waals surface area contributed by atoms with Gasteiger partial charge in [0.25, 0.3) is 0 Å². The molecule has 8 heteroatoms. The first-order valence-electron chi connectivity index (χ1n) is 7.54. The average molecular weight is 490 g/mol. The molecule has 0 saturated heterocycles. The van der Waals surface area contributed by atoms with Gasteiger partial charge in [-0.25, -0.2) is 8.42 Å². The van der Waals surface area contributed by atoms with Crippen LogP contribution in [-0.2, 0) is 14.8 Å². The first kappa shape index (κ1) is 20.1. The predicted molar refractivity (Wildman–Crippen MR) is 112 cm³/mol. The molecule has 2 aromatic rings. The number of anilines is 1. The van der Waals surface area contributed by atoms with E-state index in [9.17, 15) is 13.2 Å². The van der Waals surface area contributed by atoms with Crippen molar-refractivity contribution in [2.75, 3.05) is 29.4 Å². The summed E-state index contributed by atoms with van der Waals surface area (Å²) in [5.74, 6) is 0.399. The minimum Gasteiger partial charge on any atom is -0.354 e. The molecular weight excluding hydrogens is 471 g/mol. The van der Waals surface area contributed by atoms with Crippen LogP contribution in [0.5, 0.6) is 0 Å². The Morgan fingerprint density at radius 2 is 1.76 bits per heavy atom. The summed E-state index contributed by atoms with van der Waals surface area (Å²) in [6, 6.07) is 16.9. The largest absolute Gasteiger partial charge is 0.354 e. The highest BCUT2D eigenvalue weighted by atomic mass is 127. The highest BCUT2D eigenvalue weighted by Crippen LogP contribution is 2.19. The number of thioether (sulfide) groups is 1. The molecule has 0 aromatic heterocycles. The zero-order valence-corrected chi connectivity index (χ0v) is 17.5. The molecule has 0 aliphatic heterocycles. The Morgan fingerprint density at radius 1 is 1.12 bits per heavy atom. The van der Waals surface area contributed by atoms with Crippen LogP contribution in [0.4, 0.5) is 5.69 Å². The Labute approximate surface area is 166 Å². The quantitative estimate of drug-likeness (QED) is 0.351. The number of carbonyl (C=O) groups excluding carboxylic acids is 1. The molecule has 1 amide bonds. The molecule has 0 aliphatic rings. The lowest BCUT2D eigenvalue weighted by molar-refractivity contribution is -0.119. The molecule has 1 N–H and O–H groups in total. The van der Waals surface area contributed by atoms with Crippen molar-refractivity contribution in [3.8, 4) is 0 Å². The maximum Gasteiger partial charge on any atom is 0.240 e. The molecule has 0 aliphatic carbocycles. The third-order valence-electron chi connectivity index (χ3n) is 3.24. The van der Waals surface area contributed by atoms with Crippen molar-refractivity contribution in [1.82, 2.24) is 5.32 Å². The van der Waals surface area contributed by atoms with E-state index < -0.39 is 10.0 Å². The smallest absolute Gasteiger partial charge is 0.240 e. The van der Waals surface area contributed by atoms with Crippen molar-refractivity contribution >= 4 is 56.0 Å². The van der Waals surface area contributed by atoms with Gasteiger partial charge in [-0.1, -0.05) is 18.2 Å². The first-order valence-corrected chi connectivity index (χ1v) is 11.5. The molecule has 2 aromatic carbocycles. The van der Waals surface area contributed by atoms with Crippen LogP contribution < -0.4 is 9.62 Å². The van der Waals surface area contributed by atoms with Crippen LogP contribution in [0.1, 0.15) is 0 Å². The second kappa shape index (κ2) is 9.44. The lowest BCUT2D eigenvalue weighted by atomic mass is 10.3. The topological polar surface area (TPSA) is 66.5 Å². The highest BCUT2D eigenvalue weighted by Gasteiger charge is 2.20. The average Bonchev–Trinajstić information content (AvgIpc) is 2.57. The molecule has 25 heavy (non-hydrogen) atoms. The van der Waals surface area contributed by atoms with E-state index in [1.807, 2.05) is 42.5 Å². The lowest BCUT2D eigenvalue weighted by Gasteiger charge is -2.22. The van der Waals surface area contributed by atoms with Crippen LogP contribution in [-0.4, -0.2) is 39.4 Å². The number of amides is 1. The Balaban J connectivity index is 1.88. The van der Waals surface area contributed by atoms with Crippen molar-refractivity contribution in [1.29, 1.82) is 0 Å². The van der Waals surface area contributed by atoms with Crippen LogP contribution in [0, 0.1) is 3.57 Å². The number of sulfonamides is 1. The van der Waals surface area contributed by atoms with E-state index in [2.05, 4.69) is 27.9 Å². The third kappa shape index (κ3) is 6.87. The number of nitrogens with one attached hydrogen (secondary N) is 1. The molecule has 5 nitrogen and oxygen atoms in total. The summed E-state index contributed by atoms with van der Waals surface area (Å²) in [5.41, 5.74) is 0.483. The summed E-state index contributed by atoms with van der Waals surface area (Å²) in [4.78, 5) is 13.3. The Hall–Kier alpha value is -1.26. The van der Waals surface area contributed by atoms with Crippen molar-refractivity contribution < 1.29 is 13.2 Å². The molecule has 2 rings (SSSR count). The van der Waals surface area contributed by atoms with Gasteiger partial charge in [-0.2, -0.15) is 0 Å². The fraction of sp³-hybridized carbons (Fsp3) is 0.235. The van der Waals surface area contributed by atoms with Gasteiger partial charge in [-0.05, 0) is 59.0 Å². The van der Waals surface area contributed by atoms with E-state index in [-0.39, 0.29) is 12.5 Å². The van der Waals surface area contributed by atoms with E-state index in [0.29, 0.717) is 12.2 Å². The van der Waals surface area contributed by atoms with Gasteiger partial charge < -0.3 is 5.32 Å². The number of halogens is 1. The van der Waals surface area contributed by atoms with Crippen molar-refractivity contribution in [2.24, 2.45) is 0 Å². The normalized spacial score (nSPS) is 11.1. The molecular formula is C17H19IN2O3S2. The van der Waals surface area contributed by atoms with Gasteiger partial charge in [0.05, 0.1) is 11.9 Å². The van der Waals surface area contributed by atoms with E-state index in [1.165, 1.54) is 0 Å². The molecule has 0 atom stereocenters. The monoisotopic (exact) mass is 490 g/mol. The zero-order chi connectivity index (χ0) is 18.3. The third-order valence-corrected chi connectivity index (χ3v) is 6.11. The molecule has 0 saturated carbocycles. The van der Waals surface area contributed by atoms with E-state index in [0.717, 1.165) is 24.8 Å². The Kier molecular flexibility index (Phi) is 7.57. The van der Waals surface area contributed by atoms with Gasteiger partial charge in [0, 0.05) is 20.8 Å². The minimum atomic E-state index is -3.53. The number of hydrogen-bond donors (Lipinski definition) is 1. The highest BCUT2D eigenvalue weighted by molar-refractivity contribution is 14.1. The summed E-state index contributed by atoms with van der Waals surface area (Å²) < 4.78 is 26.1. The molecule has 0 bridgehead atoms. The molecule has 0 unspecified atom stereocenters. The Morgan fingerprint density at radius 3 is 2.36 bits per heavy atom. The van der Waals surface area contributed by atoms with Crippen molar-refractivity contribution in [3.05, 3.63) is 58.2 Å². The summed E-state index contributed by atoms with van der Waals surface area (Å²) in [6.07, 6.45) is 1.10. The van der Waals surface area contributed by atoms with Crippen LogP contribution in [0.3, 0.4) is 0 Å². The molecule has 0 fully saturated rings. The number of hydrogen-bond acceptors (Lipinski definition) is 4. The van der Waals surface area contributed by atoms with Crippen LogP contribution >= 0.6 is 34.4 Å². The maximum atomic E-state index is 12.1. The van der Waals surface area contributed by atoms with Gasteiger partial charge in [0.15, 0.2) is 0 Å². The second-order valence-electron chi connectivity index (χ2n) is 5.26. The van der Waals surface area contributed by atoms with Crippen molar-refractivity contribution in [2.45, 2.75) is 4.90 Å². The zero-order valence-electron chi connectivity index (χ0n) is 13.7. The van der Waals surface area contributed by atoms with Gasteiger partial charge >= 0.3 is 0 Å². The SMILES string of the molecule is CS(=O)(=O)N(CC(=O)NCCSc1ccccc1)c1ccc(I)cc1. The van der Waals surface area contributed by atoms with E-state index in [4.69, 9.17) is 0 Å². The standard InChI is InChI=1S/C17H19IN2O3S2/c1-25(22,23)20(15-9-7-14(18)8-10-15)13-17(21)19-11-12-24-16-5-3-2-4-6-16/h2-10H,11-13H2,1H3,(H,19,21). The van der Waals surface area contributed by atoms with Gasteiger partial charge in [-0.15, -0.1) is 11.8 Å². The van der Waals surface area contributed by atoms with Crippen LogP contribution in [0.2, 0.25) is 0 Å². The Bertz CT molecular complexity index is 796. The summed E-state index contributed by atoms with van der Waals surface area (Å²) in [5, 5.41) is 2.77. The van der Waals surface area contributed by atoms with Gasteiger partial charge in [0.2, 0.25) is 15.9 Å². The summed E-state index contributed by atoms with van der Waals surface area (Å²) in [7, 11) is -3.53. The van der Waals surface area contributed by atoms with Gasteiger partial charge in [0.1, 0.15) is 6.54 Å². The van der Waals surface area contributed by atoms with E-state index >= 15 is 0 Å². The maximum absolute atomic E-state index is 12.1. The number of rotatable bonds is 8. The van der Waals surface area contributed by atoms with E-state index in [1.54, 1.807) is 23.9 Å². The molecule has 0 heterocycles. The number of carbonyl (C=O) groups is 1. The predicted octanol–water partition coefficient (Wildman–Crippen LogP) is 2.97. The van der Waals surface area contributed by atoms with Crippen molar-refractivity contribution in [3.63, 3.8) is 0 Å². The van der Waals surface area contributed by atoms with Gasteiger partial charge in [-0.3, -0.25) is 9.10 Å².